The highest BCUT2D eigenvalue weighted by Gasteiger charge is 2.68. The van der Waals surface area contributed by atoms with Crippen molar-refractivity contribution in [2.45, 2.75) is 25.2 Å². The fourth-order valence-electron chi connectivity index (χ4n) is 7.31. The maximum Gasteiger partial charge on any atom is 0.274 e. The number of amides is 1. The van der Waals surface area contributed by atoms with Crippen LogP contribution in [0.15, 0.2) is 71.8 Å². The van der Waals surface area contributed by atoms with Gasteiger partial charge >= 0.3 is 0 Å². The average Bonchev–Trinajstić information content (AvgIpc) is 3.26. The average molecular weight is 546 g/mol. The Morgan fingerprint density at radius 3 is 2.55 bits per heavy atom. The first-order valence-corrected chi connectivity index (χ1v) is 14.5. The van der Waals surface area contributed by atoms with Crippen molar-refractivity contribution < 1.29 is 14.4 Å². The molecule has 7 heteroatoms. The number of aromatic nitrogens is 2. The molecule has 1 amide bonds. The van der Waals surface area contributed by atoms with E-state index in [2.05, 4.69) is 12.3 Å². The number of benzene rings is 2. The van der Waals surface area contributed by atoms with Gasteiger partial charge in [0.15, 0.2) is 11.6 Å². The van der Waals surface area contributed by atoms with Crippen molar-refractivity contribution in [3.05, 3.63) is 105 Å². The number of hydrogen-bond donors (Lipinski definition) is 0. The number of piperidine rings is 1. The molecular weight excluding hydrogens is 518 g/mol. The molecule has 8 rings (SSSR count). The molecule has 3 aromatic heterocycles. The van der Waals surface area contributed by atoms with Crippen LogP contribution in [0.4, 0.5) is 0 Å². The van der Waals surface area contributed by atoms with Gasteiger partial charge in [0, 0.05) is 66.1 Å². The molecule has 40 heavy (non-hydrogen) atoms. The maximum atomic E-state index is 14.0. The Bertz CT molecular complexity index is 2000. The number of Topliss-reactive ketones (excluding diaryl/α,β-unsaturated/α-hetero) is 1. The summed E-state index contributed by atoms with van der Waals surface area (Å²) in [5, 5.41) is 4.05. The van der Waals surface area contributed by atoms with Gasteiger partial charge in [-0.1, -0.05) is 24.3 Å². The number of para-hydroxylation sites is 1. The van der Waals surface area contributed by atoms with Crippen LogP contribution in [0.25, 0.3) is 21.8 Å². The minimum absolute atomic E-state index is 0.0107. The van der Waals surface area contributed by atoms with Crippen LogP contribution in [0.1, 0.15) is 53.8 Å². The van der Waals surface area contributed by atoms with Gasteiger partial charge in [-0.2, -0.15) is 0 Å². The summed E-state index contributed by atoms with van der Waals surface area (Å²) in [7, 11) is 3.83. The number of nitrogens with zero attached hydrogens (tertiary/aromatic N) is 3. The maximum absolute atomic E-state index is 14.0. The molecule has 198 valence electrons. The third-order valence-corrected chi connectivity index (χ3v) is 10.5. The van der Waals surface area contributed by atoms with Crippen LogP contribution in [0.2, 0.25) is 0 Å². The second-order valence-electron chi connectivity index (χ2n) is 11.5. The summed E-state index contributed by atoms with van der Waals surface area (Å²) in [4.78, 5) is 42.9. The largest absolute Gasteiger partial charge is 0.341 e. The second kappa shape index (κ2) is 7.92. The molecule has 0 unspecified atom stereocenters. The number of rotatable bonds is 4. The van der Waals surface area contributed by atoms with Crippen LogP contribution in [0.5, 0.6) is 0 Å². The zero-order valence-corrected chi connectivity index (χ0v) is 23.3. The van der Waals surface area contributed by atoms with E-state index < -0.39 is 0 Å². The summed E-state index contributed by atoms with van der Waals surface area (Å²) in [6.07, 6.45) is 3.00. The van der Waals surface area contributed by atoms with Crippen molar-refractivity contribution in [2.75, 3.05) is 6.54 Å². The van der Waals surface area contributed by atoms with Gasteiger partial charge in [-0.3, -0.25) is 14.4 Å². The Morgan fingerprint density at radius 1 is 0.975 bits per heavy atom. The molecular formula is C33H27N3O3S. The number of fused-ring (bicyclic) bond motifs is 3. The summed E-state index contributed by atoms with van der Waals surface area (Å²) >= 11 is 1.52. The summed E-state index contributed by atoms with van der Waals surface area (Å²) in [6, 6.07) is 17.8. The topological polar surface area (TPSA) is 64.3 Å². The van der Waals surface area contributed by atoms with Gasteiger partial charge in [0.2, 0.25) is 0 Å². The van der Waals surface area contributed by atoms with E-state index in [1.807, 2.05) is 82.7 Å². The molecule has 0 bridgehead atoms. The fourth-order valence-corrected chi connectivity index (χ4v) is 8.36. The van der Waals surface area contributed by atoms with Gasteiger partial charge in [0.1, 0.15) is 5.69 Å². The van der Waals surface area contributed by atoms with E-state index >= 15 is 0 Å². The van der Waals surface area contributed by atoms with Crippen LogP contribution >= 0.6 is 11.3 Å². The Balaban J connectivity index is 1.10. The number of ketones is 2. The van der Waals surface area contributed by atoms with E-state index in [9.17, 15) is 14.4 Å². The molecule has 2 aliphatic carbocycles. The molecule has 1 saturated heterocycles. The minimum Gasteiger partial charge on any atom is -0.341 e. The van der Waals surface area contributed by atoms with Crippen molar-refractivity contribution >= 4 is 50.6 Å². The first-order chi connectivity index (χ1) is 19.3. The Hall–Kier alpha value is -4.23. The molecule has 3 aliphatic rings. The van der Waals surface area contributed by atoms with Gasteiger partial charge < -0.3 is 14.0 Å². The molecule has 1 saturated carbocycles. The molecule has 6 nitrogen and oxygen atoms in total. The highest BCUT2D eigenvalue weighted by Crippen LogP contribution is 2.68. The lowest BCUT2D eigenvalue weighted by molar-refractivity contribution is 0.0802. The molecule has 5 aromatic rings. The molecule has 0 radical (unpaired) electrons. The summed E-state index contributed by atoms with van der Waals surface area (Å²) in [5.41, 5.74) is 7.16. The Labute approximate surface area is 235 Å². The van der Waals surface area contributed by atoms with Crippen molar-refractivity contribution in [1.29, 1.82) is 0 Å². The number of thiophene rings is 1. The van der Waals surface area contributed by atoms with Gasteiger partial charge in [0.05, 0.1) is 10.6 Å². The number of allylic oxidation sites excluding steroid dienone is 2. The number of hydrogen-bond acceptors (Lipinski definition) is 4. The van der Waals surface area contributed by atoms with Crippen LogP contribution < -0.4 is 0 Å². The predicted molar refractivity (Wildman–Crippen MR) is 156 cm³/mol. The predicted octanol–water partition coefficient (Wildman–Crippen LogP) is 5.96. The van der Waals surface area contributed by atoms with E-state index in [0.717, 1.165) is 55.5 Å². The quantitative estimate of drug-likeness (QED) is 0.262. The van der Waals surface area contributed by atoms with Crippen molar-refractivity contribution in [3.8, 4) is 0 Å². The van der Waals surface area contributed by atoms with Gasteiger partial charge in [-0.25, -0.2) is 0 Å². The first-order valence-electron chi connectivity index (χ1n) is 13.6. The Morgan fingerprint density at radius 2 is 1.73 bits per heavy atom. The Kier molecular flexibility index (Phi) is 4.68. The normalized spacial score (nSPS) is 21.0. The third kappa shape index (κ3) is 3.01. The van der Waals surface area contributed by atoms with Crippen LogP contribution in [0, 0.1) is 12.8 Å². The van der Waals surface area contributed by atoms with Crippen LogP contribution in [-0.4, -0.2) is 38.1 Å². The van der Waals surface area contributed by atoms with E-state index in [0.29, 0.717) is 23.9 Å². The van der Waals surface area contributed by atoms with Crippen LogP contribution in [-0.2, 0) is 25.9 Å². The van der Waals surface area contributed by atoms with E-state index in [1.54, 1.807) is 6.08 Å². The monoisotopic (exact) mass is 545 g/mol. The van der Waals surface area contributed by atoms with Crippen molar-refractivity contribution in [1.82, 2.24) is 14.0 Å². The lowest BCUT2D eigenvalue weighted by Gasteiger charge is -2.28. The summed E-state index contributed by atoms with van der Waals surface area (Å²) < 4.78 is 3.88. The smallest absolute Gasteiger partial charge is 0.274 e. The number of likely N-dealkylation sites (tertiary alicyclic amines) is 1. The molecule has 2 atom stereocenters. The van der Waals surface area contributed by atoms with Gasteiger partial charge in [0.25, 0.3) is 5.91 Å². The van der Waals surface area contributed by atoms with Gasteiger partial charge in [-0.15, -0.1) is 11.3 Å². The van der Waals surface area contributed by atoms with Crippen molar-refractivity contribution in [3.63, 3.8) is 0 Å². The summed E-state index contributed by atoms with van der Waals surface area (Å²) in [5.74, 6) is 0.360. The SMILES string of the molecule is Cc1csc2c1[C@]13C[C@H]1CN(C(=O)c1cc4cc(CC(=O)c5cc6ccccc6n5C)ccc4n1C)C3=CC2=O. The lowest BCUT2D eigenvalue weighted by Crippen LogP contribution is -2.34. The second-order valence-corrected chi connectivity index (χ2v) is 12.4. The highest BCUT2D eigenvalue weighted by atomic mass is 32.1. The fraction of sp³-hybridized carbons (Fsp3) is 0.242. The van der Waals surface area contributed by atoms with Gasteiger partial charge in [-0.05, 0) is 71.7 Å². The van der Waals surface area contributed by atoms with E-state index in [4.69, 9.17) is 0 Å². The molecule has 1 aliphatic heterocycles. The zero-order chi connectivity index (χ0) is 27.5. The summed E-state index contributed by atoms with van der Waals surface area (Å²) in [6.45, 7) is 2.71. The molecule has 0 N–H and O–H groups in total. The number of carbonyl (C=O) groups excluding carboxylic acids is 3. The van der Waals surface area contributed by atoms with Crippen LogP contribution in [0.3, 0.4) is 0 Å². The minimum atomic E-state index is -0.178. The molecule has 1 spiro atoms. The highest BCUT2D eigenvalue weighted by molar-refractivity contribution is 7.12. The van der Waals surface area contributed by atoms with E-state index in [-0.39, 0.29) is 29.3 Å². The standard InChI is InChI=1S/C33H27N3O3S/c1-18-17-40-31-28(38)14-29-33(30(18)31)15-22(33)16-36(29)32(39)26-13-21-10-19(8-9-24(21)35(26)3)11-27(37)25-12-20-6-4-5-7-23(20)34(25)2/h4-10,12-14,17,22H,11,15-16H2,1-3H3/t22-,33+/m0/s1. The first kappa shape index (κ1) is 23.6. The number of carbonyl (C=O) groups is 3. The zero-order valence-electron chi connectivity index (χ0n) is 22.5. The van der Waals surface area contributed by atoms with E-state index in [1.165, 1.54) is 11.3 Å². The van der Waals surface area contributed by atoms with Crippen molar-refractivity contribution in [2.24, 2.45) is 20.0 Å². The molecule has 4 heterocycles. The number of aryl methyl sites for hydroxylation is 3. The lowest BCUT2D eigenvalue weighted by atomic mass is 9.84. The molecule has 2 fully saturated rings. The molecule has 2 aromatic carbocycles. The third-order valence-electron chi connectivity index (χ3n) is 9.34.